The molecule has 5 heteroatoms. The van der Waals surface area contributed by atoms with Crippen molar-refractivity contribution in [2.24, 2.45) is 0 Å². The Labute approximate surface area is 97.5 Å². The highest BCUT2D eigenvalue weighted by Crippen LogP contribution is 2.14. The van der Waals surface area contributed by atoms with E-state index in [9.17, 15) is 8.78 Å². The third-order valence-electron chi connectivity index (χ3n) is 2.28. The number of nitrogens with zero attached hydrogens (tertiary/aromatic N) is 1. The molecule has 2 aromatic rings. The molecule has 1 unspecified atom stereocenters. The molecular formula is C12H12F2N2O. The van der Waals surface area contributed by atoms with Crippen LogP contribution in [0.4, 0.5) is 14.6 Å². The van der Waals surface area contributed by atoms with Crippen LogP contribution in [0, 0.1) is 11.6 Å². The van der Waals surface area contributed by atoms with Crippen LogP contribution < -0.4 is 5.32 Å². The summed E-state index contributed by atoms with van der Waals surface area (Å²) in [6.07, 6.45) is 3.16. The van der Waals surface area contributed by atoms with Gasteiger partial charge in [0.15, 0.2) is 11.6 Å². The Balaban J connectivity index is 2.00. The summed E-state index contributed by atoms with van der Waals surface area (Å²) < 4.78 is 31.1. The van der Waals surface area contributed by atoms with Gasteiger partial charge < -0.3 is 9.73 Å². The Hall–Kier alpha value is -1.91. The number of hydrogen-bond acceptors (Lipinski definition) is 3. The van der Waals surface area contributed by atoms with Crippen molar-refractivity contribution in [1.82, 2.24) is 4.98 Å². The van der Waals surface area contributed by atoms with E-state index in [2.05, 4.69) is 10.3 Å². The van der Waals surface area contributed by atoms with Crippen LogP contribution in [0.5, 0.6) is 0 Å². The number of nitrogens with one attached hydrogen (secondary N) is 1. The summed E-state index contributed by atoms with van der Waals surface area (Å²) in [6, 6.07) is 4.37. The van der Waals surface area contributed by atoms with E-state index in [1.807, 2.05) is 13.0 Å². The van der Waals surface area contributed by atoms with E-state index in [0.29, 0.717) is 6.42 Å². The van der Waals surface area contributed by atoms with Crippen LogP contribution in [0.1, 0.15) is 12.7 Å². The molecule has 0 aliphatic rings. The number of pyridine rings is 1. The van der Waals surface area contributed by atoms with E-state index in [-0.39, 0.29) is 11.9 Å². The molecule has 17 heavy (non-hydrogen) atoms. The Kier molecular flexibility index (Phi) is 3.37. The molecule has 1 N–H and O–H groups in total. The minimum Gasteiger partial charge on any atom is -0.469 e. The van der Waals surface area contributed by atoms with E-state index in [1.54, 1.807) is 12.3 Å². The second-order valence-electron chi connectivity index (χ2n) is 3.81. The van der Waals surface area contributed by atoms with Gasteiger partial charge in [0.1, 0.15) is 11.6 Å². The molecule has 0 aromatic carbocycles. The van der Waals surface area contributed by atoms with E-state index in [1.165, 1.54) is 0 Å². The summed E-state index contributed by atoms with van der Waals surface area (Å²) in [4.78, 5) is 3.66. The van der Waals surface area contributed by atoms with Gasteiger partial charge >= 0.3 is 0 Å². The average molecular weight is 238 g/mol. The fraction of sp³-hybridized carbons (Fsp3) is 0.250. The van der Waals surface area contributed by atoms with E-state index >= 15 is 0 Å². The van der Waals surface area contributed by atoms with Crippen molar-refractivity contribution >= 4 is 5.82 Å². The summed E-state index contributed by atoms with van der Waals surface area (Å²) in [5.74, 6) is -0.541. The number of halogens is 2. The zero-order chi connectivity index (χ0) is 12.3. The molecule has 2 aromatic heterocycles. The largest absolute Gasteiger partial charge is 0.469 e. The first-order valence-electron chi connectivity index (χ1n) is 5.25. The number of rotatable bonds is 4. The molecule has 2 heterocycles. The van der Waals surface area contributed by atoms with E-state index in [4.69, 9.17) is 4.42 Å². The van der Waals surface area contributed by atoms with Gasteiger partial charge in [-0.05, 0) is 19.1 Å². The molecule has 90 valence electrons. The third-order valence-corrected chi connectivity index (χ3v) is 2.28. The summed E-state index contributed by atoms with van der Waals surface area (Å²) in [5.41, 5.74) is 0. The molecule has 2 rings (SSSR count). The first-order valence-corrected chi connectivity index (χ1v) is 5.25. The predicted molar refractivity (Wildman–Crippen MR) is 59.6 cm³/mol. The summed E-state index contributed by atoms with van der Waals surface area (Å²) >= 11 is 0. The first kappa shape index (κ1) is 11.6. The van der Waals surface area contributed by atoms with Gasteiger partial charge in [-0.3, -0.25) is 0 Å². The van der Waals surface area contributed by atoms with Gasteiger partial charge in [0.05, 0.1) is 12.5 Å². The number of hydrogen-bond donors (Lipinski definition) is 1. The van der Waals surface area contributed by atoms with Crippen LogP contribution in [0.25, 0.3) is 0 Å². The minimum absolute atomic E-state index is 0.0467. The van der Waals surface area contributed by atoms with Gasteiger partial charge in [0.2, 0.25) is 0 Å². The maximum absolute atomic E-state index is 13.3. The summed E-state index contributed by atoms with van der Waals surface area (Å²) in [5, 5.41) is 2.86. The van der Waals surface area contributed by atoms with Gasteiger partial charge in [-0.1, -0.05) is 0 Å². The lowest BCUT2D eigenvalue weighted by molar-refractivity contribution is 0.496. The van der Waals surface area contributed by atoms with Crippen molar-refractivity contribution in [3.05, 3.63) is 48.1 Å². The number of aromatic nitrogens is 1. The molecule has 0 spiro atoms. The predicted octanol–water partition coefficient (Wildman–Crippen LogP) is 3.00. The molecule has 0 saturated carbocycles. The Morgan fingerprint density at radius 3 is 2.94 bits per heavy atom. The lowest BCUT2D eigenvalue weighted by Crippen LogP contribution is -2.19. The zero-order valence-corrected chi connectivity index (χ0v) is 9.28. The normalized spacial score (nSPS) is 12.4. The lowest BCUT2D eigenvalue weighted by atomic mass is 10.2. The zero-order valence-electron chi connectivity index (χ0n) is 9.28. The van der Waals surface area contributed by atoms with Crippen LogP contribution in [0.15, 0.2) is 35.1 Å². The molecular weight excluding hydrogens is 226 g/mol. The minimum atomic E-state index is -0.698. The molecule has 0 aliphatic carbocycles. The number of anilines is 1. The SMILES string of the molecule is CC(Cc1ccco1)Nc1ncc(F)cc1F. The lowest BCUT2D eigenvalue weighted by Gasteiger charge is -2.13. The van der Waals surface area contributed by atoms with Crippen molar-refractivity contribution in [2.45, 2.75) is 19.4 Å². The quantitative estimate of drug-likeness (QED) is 0.889. The van der Waals surface area contributed by atoms with Gasteiger partial charge in [0, 0.05) is 18.5 Å². The van der Waals surface area contributed by atoms with Crippen LogP contribution >= 0.6 is 0 Å². The molecule has 1 atom stereocenters. The Morgan fingerprint density at radius 1 is 1.47 bits per heavy atom. The topological polar surface area (TPSA) is 38.1 Å². The molecule has 3 nitrogen and oxygen atoms in total. The second-order valence-corrected chi connectivity index (χ2v) is 3.81. The highest BCUT2D eigenvalue weighted by molar-refractivity contribution is 5.37. The van der Waals surface area contributed by atoms with Crippen molar-refractivity contribution in [3.8, 4) is 0 Å². The van der Waals surface area contributed by atoms with Gasteiger partial charge in [-0.2, -0.15) is 0 Å². The van der Waals surface area contributed by atoms with Gasteiger partial charge in [-0.15, -0.1) is 0 Å². The molecule has 0 amide bonds. The summed E-state index contributed by atoms with van der Waals surface area (Å²) in [7, 11) is 0. The summed E-state index contributed by atoms with van der Waals surface area (Å²) in [6.45, 7) is 1.87. The van der Waals surface area contributed by atoms with Crippen molar-refractivity contribution in [3.63, 3.8) is 0 Å². The van der Waals surface area contributed by atoms with E-state index in [0.717, 1.165) is 18.0 Å². The second kappa shape index (κ2) is 4.95. The molecule has 0 saturated heterocycles. The van der Waals surface area contributed by atoms with Crippen molar-refractivity contribution < 1.29 is 13.2 Å². The third kappa shape index (κ3) is 3.03. The van der Waals surface area contributed by atoms with Gasteiger partial charge in [-0.25, -0.2) is 13.8 Å². The standard InChI is InChI=1S/C12H12F2N2O/c1-8(5-10-3-2-4-17-10)16-12-11(14)6-9(13)7-15-12/h2-4,6-8H,5H2,1H3,(H,15,16). The van der Waals surface area contributed by atoms with Crippen LogP contribution in [-0.2, 0) is 6.42 Å². The Bertz CT molecular complexity index is 485. The smallest absolute Gasteiger partial charge is 0.168 e. The maximum Gasteiger partial charge on any atom is 0.168 e. The van der Waals surface area contributed by atoms with Crippen LogP contribution in [0.3, 0.4) is 0 Å². The molecule has 0 radical (unpaired) electrons. The van der Waals surface area contributed by atoms with Crippen LogP contribution in [-0.4, -0.2) is 11.0 Å². The number of furan rings is 1. The monoisotopic (exact) mass is 238 g/mol. The van der Waals surface area contributed by atoms with Crippen molar-refractivity contribution in [2.75, 3.05) is 5.32 Å². The maximum atomic E-state index is 13.3. The highest BCUT2D eigenvalue weighted by atomic mass is 19.1. The average Bonchev–Trinajstić information content (AvgIpc) is 2.75. The molecule has 0 aliphatic heterocycles. The van der Waals surface area contributed by atoms with E-state index < -0.39 is 11.6 Å². The van der Waals surface area contributed by atoms with Crippen molar-refractivity contribution in [1.29, 1.82) is 0 Å². The first-order chi connectivity index (χ1) is 8.15. The fourth-order valence-electron chi connectivity index (χ4n) is 1.54. The fourth-order valence-corrected chi connectivity index (χ4v) is 1.54. The Morgan fingerprint density at radius 2 is 2.29 bits per heavy atom. The van der Waals surface area contributed by atoms with Crippen LogP contribution in [0.2, 0.25) is 0 Å². The molecule has 0 fully saturated rings. The van der Waals surface area contributed by atoms with Gasteiger partial charge in [0.25, 0.3) is 0 Å². The molecule has 0 bridgehead atoms. The highest BCUT2D eigenvalue weighted by Gasteiger charge is 2.10.